The lowest BCUT2D eigenvalue weighted by molar-refractivity contribution is 0.306. The summed E-state index contributed by atoms with van der Waals surface area (Å²) in [5.74, 6) is 0.446. The molecule has 0 fully saturated rings. The van der Waals surface area contributed by atoms with Crippen LogP contribution in [0.25, 0.3) is 22.0 Å². The zero-order valence-electron chi connectivity index (χ0n) is 9.38. The second-order valence-corrected chi connectivity index (χ2v) is 3.72. The minimum atomic E-state index is 0.446. The van der Waals surface area contributed by atoms with Gasteiger partial charge in [-0.1, -0.05) is 42.5 Å². The molecule has 0 N–H and O–H groups in total. The van der Waals surface area contributed by atoms with Gasteiger partial charge < -0.3 is 9.15 Å². The standard InChI is InChI=1S/C14H11NO2/c1-16-14-13(15-9-17-14)12-8-4-6-10-5-2-3-7-11(10)12/h2-9H,1H3. The van der Waals surface area contributed by atoms with Gasteiger partial charge in [-0.25, -0.2) is 4.98 Å². The second kappa shape index (κ2) is 3.94. The second-order valence-electron chi connectivity index (χ2n) is 3.72. The molecule has 3 aromatic rings. The number of rotatable bonds is 2. The van der Waals surface area contributed by atoms with Gasteiger partial charge in [0.2, 0.25) is 0 Å². The van der Waals surface area contributed by atoms with Gasteiger partial charge in [0.05, 0.1) is 7.11 Å². The van der Waals surface area contributed by atoms with E-state index in [2.05, 4.69) is 23.2 Å². The lowest BCUT2D eigenvalue weighted by Crippen LogP contribution is -1.86. The van der Waals surface area contributed by atoms with Gasteiger partial charge in [0, 0.05) is 5.56 Å². The molecule has 3 nitrogen and oxygen atoms in total. The molecule has 0 unspecified atom stereocenters. The third-order valence-electron chi connectivity index (χ3n) is 2.77. The van der Waals surface area contributed by atoms with E-state index in [9.17, 15) is 0 Å². The monoisotopic (exact) mass is 225 g/mol. The van der Waals surface area contributed by atoms with Crippen molar-refractivity contribution >= 4 is 10.8 Å². The Morgan fingerprint density at radius 3 is 2.76 bits per heavy atom. The fraction of sp³-hybridized carbons (Fsp3) is 0.0714. The molecule has 84 valence electrons. The molecule has 0 radical (unpaired) electrons. The van der Waals surface area contributed by atoms with Crippen LogP contribution in [0.5, 0.6) is 5.95 Å². The van der Waals surface area contributed by atoms with Crippen LogP contribution in [-0.4, -0.2) is 12.1 Å². The van der Waals surface area contributed by atoms with Crippen molar-refractivity contribution < 1.29 is 9.15 Å². The maximum absolute atomic E-state index is 5.18. The number of ether oxygens (including phenoxy) is 1. The summed E-state index contributed by atoms with van der Waals surface area (Å²) < 4.78 is 10.3. The molecule has 1 heterocycles. The smallest absolute Gasteiger partial charge is 0.313 e. The third-order valence-corrected chi connectivity index (χ3v) is 2.77. The number of hydrogen-bond donors (Lipinski definition) is 0. The molecule has 1 aromatic heterocycles. The maximum atomic E-state index is 5.18. The van der Waals surface area contributed by atoms with E-state index >= 15 is 0 Å². The van der Waals surface area contributed by atoms with Crippen molar-refractivity contribution in [2.24, 2.45) is 0 Å². The molecule has 3 rings (SSSR count). The van der Waals surface area contributed by atoms with Crippen LogP contribution < -0.4 is 4.74 Å². The summed E-state index contributed by atoms with van der Waals surface area (Å²) in [6, 6.07) is 14.3. The Labute approximate surface area is 98.7 Å². The molecule has 0 aliphatic heterocycles. The molecule has 0 aliphatic carbocycles. The Kier molecular flexibility index (Phi) is 2.29. The van der Waals surface area contributed by atoms with Crippen LogP contribution in [0.3, 0.4) is 0 Å². The van der Waals surface area contributed by atoms with Crippen molar-refractivity contribution in [3.63, 3.8) is 0 Å². The minimum Gasteiger partial charge on any atom is -0.467 e. The van der Waals surface area contributed by atoms with E-state index in [1.807, 2.05) is 24.3 Å². The molecule has 3 heteroatoms. The number of aromatic nitrogens is 1. The van der Waals surface area contributed by atoms with Crippen molar-refractivity contribution in [3.8, 4) is 17.2 Å². The summed E-state index contributed by atoms with van der Waals surface area (Å²) in [6.07, 6.45) is 1.40. The number of fused-ring (bicyclic) bond motifs is 1. The number of hydrogen-bond acceptors (Lipinski definition) is 3. The highest BCUT2D eigenvalue weighted by Gasteiger charge is 2.13. The molecule has 0 amide bonds. The largest absolute Gasteiger partial charge is 0.467 e. The zero-order valence-corrected chi connectivity index (χ0v) is 9.38. The van der Waals surface area contributed by atoms with Gasteiger partial charge in [0.15, 0.2) is 12.1 Å². The van der Waals surface area contributed by atoms with Gasteiger partial charge in [-0.3, -0.25) is 0 Å². The Bertz CT molecular complexity index is 653. The summed E-state index contributed by atoms with van der Waals surface area (Å²) in [5, 5.41) is 2.32. The molecule has 0 aliphatic rings. The summed E-state index contributed by atoms with van der Waals surface area (Å²) >= 11 is 0. The quantitative estimate of drug-likeness (QED) is 0.669. The van der Waals surface area contributed by atoms with E-state index in [0.717, 1.165) is 16.6 Å². The van der Waals surface area contributed by atoms with Crippen LogP contribution in [0.15, 0.2) is 53.3 Å². The minimum absolute atomic E-state index is 0.446. The van der Waals surface area contributed by atoms with Crippen molar-refractivity contribution in [3.05, 3.63) is 48.9 Å². The Balaban J connectivity index is 2.31. The van der Waals surface area contributed by atoms with E-state index in [4.69, 9.17) is 9.15 Å². The molecular formula is C14H11NO2. The van der Waals surface area contributed by atoms with Crippen molar-refractivity contribution in [2.75, 3.05) is 7.11 Å². The fourth-order valence-corrected chi connectivity index (χ4v) is 1.99. The predicted molar refractivity (Wildman–Crippen MR) is 66.0 cm³/mol. The molecule has 0 saturated carbocycles. The lowest BCUT2D eigenvalue weighted by atomic mass is 10.0. The normalized spacial score (nSPS) is 10.6. The first-order valence-corrected chi connectivity index (χ1v) is 5.36. The number of oxazole rings is 1. The molecule has 0 spiro atoms. The molecule has 17 heavy (non-hydrogen) atoms. The van der Waals surface area contributed by atoms with E-state index in [1.165, 1.54) is 11.8 Å². The lowest BCUT2D eigenvalue weighted by Gasteiger charge is -2.04. The zero-order chi connectivity index (χ0) is 11.7. The number of nitrogens with zero attached hydrogens (tertiary/aromatic N) is 1. The van der Waals surface area contributed by atoms with Crippen LogP contribution in [0.4, 0.5) is 0 Å². The van der Waals surface area contributed by atoms with Crippen LogP contribution in [0.1, 0.15) is 0 Å². The summed E-state index contributed by atoms with van der Waals surface area (Å²) in [7, 11) is 1.58. The van der Waals surface area contributed by atoms with Crippen LogP contribution in [0, 0.1) is 0 Å². The number of methoxy groups -OCH3 is 1. The third kappa shape index (κ3) is 1.56. The SMILES string of the molecule is COc1ocnc1-c1cccc2ccccc12. The average molecular weight is 225 g/mol. The van der Waals surface area contributed by atoms with Crippen molar-refractivity contribution in [1.82, 2.24) is 4.98 Å². The first-order valence-electron chi connectivity index (χ1n) is 5.36. The predicted octanol–water partition coefficient (Wildman–Crippen LogP) is 3.50. The Hall–Kier alpha value is -2.29. The van der Waals surface area contributed by atoms with Crippen molar-refractivity contribution in [2.45, 2.75) is 0 Å². The van der Waals surface area contributed by atoms with Gasteiger partial charge in [-0.15, -0.1) is 0 Å². The molecule has 0 bridgehead atoms. The first-order chi connectivity index (χ1) is 8.40. The van der Waals surface area contributed by atoms with E-state index in [1.54, 1.807) is 7.11 Å². The van der Waals surface area contributed by atoms with E-state index in [0.29, 0.717) is 5.95 Å². The topological polar surface area (TPSA) is 35.3 Å². The molecule has 2 aromatic carbocycles. The Morgan fingerprint density at radius 1 is 1.06 bits per heavy atom. The van der Waals surface area contributed by atoms with E-state index < -0.39 is 0 Å². The summed E-state index contributed by atoms with van der Waals surface area (Å²) in [6.45, 7) is 0. The maximum Gasteiger partial charge on any atom is 0.313 e. The fourth-order valence-electron chi connectivity index (χ4n) is 1.99. The van der Waals surface area contributed by atoms with Gasteiger partial charge in [0.25, 0.3) is 0 Å². The van der Waals surface area contributed by atoms with Crippen LogP contribution in [0.2, 0.25) is 0 Å². The highest BCUT2D eigenvalue weighted by Crippen LogP contribution is 2.33. The van der Waals surface area contributed by atoms with E-state index in [-0.39, 0.29) is 0 Å². The summed E-state index contributed by atoms with van der Waals surface area (Å²) in [4.78, 5) is 4.22. The van der Waals surface area contributed by atoms with Gasteiger partial charge in [-0.2, -0.15) is 0 Å². The number of benzene rings is 2. The van der Waals surface area contributed by atoms with Crippen molar-refractivity contribution in [1.29, 1.82) is 0 Å². The van der Waals surface area contributed by atoms with Gasteiger partial charge in [-0.05, 0) is 10.8 Å². The molecule has 0 saturated heterocycles. The first kappa shape index (κ1) is 9.90. The van der Waals surface area contributed by atoms with Gasteiger partial charge >= 0.3 is 5.95 Å². The molecule has 0 atom stereocenters. The van der Waals surface area contributed by atoms with Crippen LogP contribution >= 0.6 is 0 Å². The average Bonchev–Trinajstić information content (AvgIpc) is 2.86. The highest BCUT2D eigenvalue weighted by molar-refractivity contribution is 5.96. The highest BCUT2D eigenvalue weighted by atomic mass is 16.6. The molecular weight excluding hydrogens is 214 g/mol. The summed E-state index contributed by atoms with van der Waals surface area (Å²) in [5.41, 5.74) is 1.76. The van der Waals surface area contributed by atoms with Gasteiger partial charge in [0.1, 0.15) is 0 Å². The Morgan fingerprint density at radius 2 is 1.88 bits per heavy atom. The van der Waals surface area contributed by atoms with Crippen LogP contribution in [-0.2, 0) is 0 Å².